The number of urea groups is 1. The molecule has 5 fully saturated rings. The molecule has 1 aromatic heterocycles. The van der Waals surface area contributed by atoms with Gasteiger partial charge in [0, 0.05) is 36.0 Å². The van der Waals surface area contributed by atoms with Crippen LogP contribution in [-0.4, -0.2) is 44.6 Å². The second-order valence-corrected chi connectivity index (χ2v) is 16.2. The lowest BCUT2D eigenvalue weighted by Gasteiger charge is -2.56. The van der Waals surface area contributed by atoms with Crippen LogP contribution in [0.3, 0.4) is 0 Å². The van der Waals surface area contributed by atoms with E-state index in [0.717, 1.165) is 70.4 Å². The maximum atomic E-state index is 13.1. The monoisotopic (exact) mass is 719 g/mol. The molecule has 5 aliphatic rings. The molecule has 4 aliphatic carbocycles. The Bertz CT molecular complexity index is 1870. The van der Waals surface area contributed by atoms with Crippen LogP contribution >= 0.6 is 11.8 Å². The molecule has 52 heavy (non-hydrogen) atoms. The number of hydrogen-bond donors (Lipinski definition) is 4. The molecule has 270 valence electrons. The van der Waals surface area contributed by atoms with Crippen molar-refractivity contribution in [2.75, 3.05) is 5.75 Å². The minimum absolute atomic E-state index is 0.0133. The first-order valence-corrected chi connectivity index (χ1v) is 19.4. The van der Waals surface area contributed by atoms with Gasteiger partial charge in [0.1, 0.15) is 5.03 Å². The van der Waals surface area contributed by atoms with Crippen LogP contribution in [0.5, 0.6) is 0 Å². The predicted molar refractivity (Wildman–Crippen MR) is 198 cm³/mol. The summed E-state index contributed by atoms with van der Waals surface area (Å²) in [7, 11) is 0. The van der Waals surface area contributed by atoms with Gasteiger partial charge in [0.05, 0.1) is 24.4 Å². The number of ether oxygens (including phenoxy) is 2. The minimum Gasteiger partial charge on any atom is -0.478 e. The summed E-state index contributed by atoms with van der Waals surface area (Å²) in [6.45, 7) is 0.427. The molecule has 4 N–H and O–H groups in total. The van der Waals surface area contributed by atoms with Crippen molar-refractivity contribution < 1.29 is 29.3 Å². The van der Waals surface area contributed by atoms with Crippen LogP contribution in [0.4, 0.5) is 4.79 Å². The summed E-state index contributed by atoms with van der Waals surface area (Å²) in [5.74, 6) is 1.83. The van der Waals surface area contributed by atoms with Gasteiger partial charge in [-0.05, 0) is 102 Å². The van der Waals surface area contributed by atoms with E-state index in [1.165, 1.54) is 31.0 Å². The van der Waals surface area contributed by atoms with E-state index >= 15 is 0 Å². The third kappa shape index (κ3) is 7.76. The molecule has 4 bridgehead atoms. The number of aromatic carboxylic acids is 1. The number of carboxylic acids is 1. The maximum absolute atomic E-state index is 13.1. The SMILES string of the molecule is O=C(NCc1cccc(-c2ccc([C@@H]3O[C@H](CSc4ncccc4C(=O)O)C[C@H](c4ccc(CO)cc4)O3)cc2)c1)NC12CC3CC(CC(C3)C1)C2. The van der Waals surface area contributed by atoms with E-state index in [2.05, 4.69) is 39.9 Å². The zero-order valence-corrected chi connectivity index (χ0v) is 29.9. The Labute approximate surface area is 308 Å². The second kappa shape index (κ2) is 15.0. The quantitative estimate of drug-likeness (QED) is 0.115. The fourth-order valence-electron chi connectivity index (χ4n) is 9.29. The first kappa shape index (κ1) is 34.8. The lowest BCUT2D eigenvalue weighted by molar-refractivity contribution is -0.245. The number of thioether (sulfide) groups is 1. The van der Waals surface area contributed by atoms with Crippen LogP contribution in [0.15, 0.2) is 96.2 Å². The highest BCUT2D eigenvalue weighted by atomic mass is 32.2. The summed E-state index contributed by atoms with van der Waals surface area (Å²) < 4.78 is 13.0. The van der Waals surface area contributed by atoms with Gasteiger partial charge in [-0.25, -0.2) is 14.6 Å². The first-order chi connectivity index (χ1) is 25.3. The number of carboxylic acid groups (broad SMARTS) is 1. The van der Waals surface area contributed by atoms with Crippen molar-refractivity contribution in [3.63, 3.8) is 0 Å². The van der Waals surface area contributed by atoms with Gasteiger partial charge in [-0.15, -0.1) is 11.8 Å². The summed E-state index contributed by atoms with van der Waals surface area (Å²) in [6.07, 6.45) is 8.48. The summed E-state index contributed by atoms with van der Waals surface area (Å²) in [5.41, 5.74) is 5.97. The molecule has 2 amide bonds. The molecule has 10 heteroatoms. The zero-order chi connectivity index (χ0) is 35.7. The number of carbonyl (C=O) groups is 2. The molecule has 0 spiro atoms. The molecule has 9 rings (SSSR count). The summed E-state index contributed by atoms with van der Waals surface area (Å²) in [6, 6.07) is 27.3. The number of nitrogens with one attached hydrogen (secondary N) is 2. The lowest BCUT2D eigenvalue weighted by atomic mass is 9.53. The molecular weight excluding hydrogens is 675 g/mol. The van der Waals surface area contributed by atoms with E-state index in [9.17, 15) is 19.8 Å². The Balaban J connectivity index is 0.931. The molecule has 4 aromatic rings. The number of benzene rings is 3. The Morgan fingerprint density at radius 1 is 0.808 bits per heavy atom. The highest BCUT2D eigenvalue weighted by Gasteiger charge is 2.51. The third-order valence-corrected chi connectivity index (χ3v) is 12.5. The van der Waals surface area contributed by atoms with Crippen molar-refractivity contribution in [1.29, 1.82) is 0 Å². The van der Waals surface area contributed by atoms with Crippen LogP contribution in [0.1, 0.15) is 90.0 Å². The average Bonchev–Trinajstić information content (AvgIpc) is 3.16. The highest BCUT2D eigenvalue weighted by molar-refractivity contribution is 7.99. The normalized spacial score (nSPS) is 27.6. The van der Waals surface area contributed by atoms with Crippen LogP contribution < -0.4 is 10.6 Å². The minimum atomic E-state index is -1.01. The summed E-state index contributed by atoms with van der Waals surface area (Å²) >= 11 is 1.37. The number of pyridine rings is 1. The molecule has 4 saturated carbocycles. The van der Waals surface area contributed by atoms with E-state index in [-0.39, 0.29) is 35.9 Å². The second-order valence-electron chi connectivity index (χ2n) is 15.2. The first-order valence-electron chi connectivity index (χ1n) is 18.4. The molecule has 0 unspecified atom stereocenters. The van der Waals surface area contributed by atoms with Gasteiger partial charge in [-0.2, -0.15) is 0 Å². The Hall–Kier alpha value is -4.22. The zero-order valence-electron chi connectivity index (χ0n) is 29.1. The number of nitrogens with zero attached hydrogens (tertiary/aromatic N) is 1. The number of aliphatic hydroxyl groups is 1. The van der Waals surface area contributed by atoms with Gasteiger partial charge in [0.2, 0.25) is 0 Å². The largest absolute Gasteiger partial charge is 0.478 e. The molecule has 2 heterocycles. The number of aliphatic hydroxyl groups excluding tert-OH is 1. The molecule has 9 nitrogen and oxygen atoms in total. The molecule has 1 aliphatic heterocycles. The standard InChI is InChI=1S/C42H45N3O6S/c46-24-26-6-8-32(9-7-26)37-19-35(25-52-38-36(39(47)48)5-2-14-43-38)50-40(51-37)33-12-10-31(11-13-33)34-4-1-3-27(18-34)23-44-41(49)45-42-20-28-15-29(21-42)17-30(16-28)22-42/h1-14,18,28-30,35,37,40,46H,15-17,19-25H2,(H,47,48)(H2,44,45,49)/t28?,29?,30?,35-,37+,40+,42?/m0/s1. The van der Waals surface area contributed by atoms with Crippen molar-refractivity contribution in [1.82, 2.24) is 15.6 Å². The van der Waals surface area contributed by atoms with Gasteiger partial charge in [0.15, 0.2) is 6.29 Å². The van der Waals surface area contributed by atoms with Gasteiger partial charge in [-0.3, -0.25) is 0 Å². The van der Waals surface area contributed by atoms with Crippen LogP contribution in [0, 0.1) is 17.8 Å². The summed E-state index contributed by atoms with van der Waals surface area (Å²) in [5, 5.41) is 26.2. The third-order valence-electron chi connectivity index (χ3n) is 11.3. The fourth-order valence-corrected chi connectivity index (χ4v) is 10.3. The average molecular weight is 720 g/mol. The van der Waals surface area contributed by atoms with Crippen LogP contribution in [0.2, 0.25) is 0 Å². The molecule has 3 atom stereocenters. The van der Waals surface area contributed by atoms with E-state index in [0.29, 0.717) is 23.7 Å². The van der Waals surface area contributed by atoms with E-state index < -0.39 is 12.3 Å². The van der Waals surface area contributed by atoms with E-state index in [1.54, 1.807) is 18.3 Å². The molecular formula is C42H45N3O6S. The smallest absolute Gasteiger partial charge is 0.338 e. The van der Waals surface area contributed by atoms with Gasteiger partial charge in [0.25, 0.3) is 0 Å². The molecule has 1 saturated heterocycles. The van der Waals surface area contributed by atoms with Gasteiger partial charge in [-0.1, -0.05) is 66.7 Å². The topological polar surface area (TPSA) is 130 Å². The number of hydrogen-bond acceptors (Lipinski definition) is 7. The van der Waals surface area contributed by atoms with Crippen molar-refractivity contribution in [3.8, 4) is 11.1 Å². The molecule has 3 aromatic carbocycles. The fraction of sp³-hybridized carbons (Fsp3) is 0.405. The maximum Gasteiger partial charge on any atom is 0.338 e. The van der Waals surface area contributed by atoms with Crippen LogP contribution in [-0.2, 0) is 22.6 Å². The lowest BCUT2D eigenvalue weighted by Crippen LogP contribution is -2.61. The van der Waals surface area contributed by atoms with Crippen molar-refractivity contribution in [2.24, 2.45) is 17.8 Å². The summed E-state index contributed by atoms with van der Waals surface area (Å²) in [4.78, 5) is 29.2. The Morgan fingerprint density at radius 3 is 2.21 bits per heavy atom. The molecule has 0 radical (unpaired) electrons. The van der Waals surface area contributed by atoms with Crippen molar-refractivity contribution in [3.05, 3.63) is 119 Å². The number of carbonyl (C=O) groups excluding carboxylic acids is 1. The number of rotatable bonds is 11. The predicted octanol–water partition coefficient (Wildman–Crippen LogP) is 8.04. The van der Waals surface area contributed by atoms with E-state index in [1.807, 2.05) is 48.5 Å². The Morgan fingerprint density at radius 2 is 1.52 bits per heavy atom. The number of amides is 2. The van der Waals surface area contributed by atoms with Gasteiger partial charge >= 0.3 is 12.0 Å². The van der Waals surface area contributed by atoms with Crippen LogP contribution in [0.25, 0.3) is 11.1 Å². The van der Waals surface area contributed by atoms with Crippen molar-refractivity contribution >= 4 is 23.8 Å². The number of aromatic nitrogens is 1. The van der Waals surface area contributed by atoms with E-state index in [4.69, 9.17) is 9.47 Å². The van der Waals surface area contributed by atoms with Crippen molar-refractivity contribution in [2.45, 2.75) is 87.2 Å². The van der Waals surface area contributed by atoms with Gasteiger partial charge < -0.3 is 30.3 Å². The highest BCUT2D eigenvalue weighted by Crippen LogP contribution is 2.55. The Kier molecular flexibility index (Phi) is 10.1.